The van der Waals surface area contributed by atoms with Gasteiger partial charge >= 0.3 is 5.79 Å². The van der Waals surface area contributed by atoms with Gasteiger partial charge in [0.05, 0.1) is 12.7 Å². The van der Waals surface area contributed by atoms with E-state index in [0.717, 1.165) is 0 Å². The van der Waals surface area contributed by atoms with Crippen LogP contribution in [0.1, 0.15) is 0 Å². The highest BCUT2D eigenvalue weighted by Crippen LogP contribution is 2.21. The minimum absolute atomic E-state index is 0.244. The zero-order valence-electron chi connectivity index (χ0n) is 5.33. The third-order valence-corrected chi connectivity index (χ3v) is 1.15. The van der Waals surface area contributed by atoms with Crippen molar-refractivity contribution in [3.05, 3.63) is 6.92 Å². The van der Waals surface area contributed by atoms with Crippen LogP contribution in [0.25, 0.3) is 0 Å². The van der Waals surface area contributed by atoms with Gasteiger partial charge in [0.25, 0.3) is 0 Å². The molecule has 0 amide bonds. The fourth-order valence-electron chi connectivity index (χ4n) is 0.674. The molecule has 1 heterocycles. The summed E-state index contributed by atoms with van der Waals surface area (Å²) in [6.07, 6.45) is 9.58. The van der Waals surface area contributed by atoms with Crippen molar-refractivity contribution in [3.8, 4) is 24.7 Å². The van der Waals surface area contributed by atoms with Gasteiger partial charge in [0, 0.05) is 0 Å². The SMILES string of the molecule is [CH]C1COC(C#C)(C#C)O1. The van der Waals surface area contributed by atoms with Crippen molar-refractivity contribution in [1.82, 2.24) is 0 Å². The molecule has 2 nitrogen and oxygen atoms in total. The van der Waals surface area contributed by atoms with Crippen LogP contribution in [0.15, 0.2) is 0 Å². The normalized spacial score (nSPS) is 28.9. The molecule has 1 aliphatic heterocycles. The van der Waals surface area contributed by atoms with E-state index in [1.807, 2.05) is 0 Å². The van der Waals surface area contributed by atoms with Gasteiger partial charge < -0.3 is 9.47 Å². The predicted molar refractivity (Wildman–Crippen MR) is 35.5 cm³/mol. The fourth-order valence-corrected chi connectivity index (χ4v) is 0.674. The quantitative estimate of drug-likeness (QED) is 0.437. The Labute approximate surface area is 60.5 Å². The first kappa shape index (κ1) is 7.15. The number of rotatable bonds is 0. The van der Waals surface area contributed by atoms with Crippen LogP contribution >= 0.6 is 0 Å². The molecule has 0 aliphatic carbocycles. The molecular weight excluding hydrogens is 128 g/mol. The lowest BCUT2D eigenvalue weighted by Crippen LogP contribution is -2.25. The number of hydrogen-bond acceptors (Lipinski definition) is 2. The van der Waals surface area contributed by atoms with Crippen LogP contribution in [-0.4, -0.2) is 18.5 Å². The topological polar surface area (TPSA) is 18.5 Å². The predicted octanol–water partition coefficient (Wildman–Crippen LogP) is 0.0756. The average molecular weight is 134 g/mol. The highest BCUT2D eigenvalue weighted by molar-refractivity contribution is 5.21. The first-order valence-electron chi connectivity index (χ1n) is 2.75. The van der Waals surface area contributed by atoms with Crippen LogP contribution in [0, 0.1) is 31.6 Å². The molecule has 1 atom stereocenters. The fraction of sp³-hybridized carbons (Fsp3) is 0.375. The summed E-state index contributed by atoms with van der Waals surface area (Å²) in [6.45, 7) is 5.57. The third kappa shape index (κ3) is 0.998. The third-order valence-electron chi connectivity index (χ3n) is 1.15. The molecule has 0 N–H and O–H groups in total. The maximum Gasteiger partial charge on any atom is 0.300 e. The van der Waals surface area contributed by atoms with Crippen molar-refractivity contribution < 1.29 is 9.47 Å². The smallest absolute Gasteiger partial charge is 0.300 e. The monoisotopic (exact) mass is 134 g/mol. The molecule has 0 aromatic heterocycles. The highest BCUT2D eigenvalue weighted by Gasteiger charge is 2.36. The second-order valence-corrected chi connectivity index (χ2v) is 1.87. The van der Waals surface area contributed by atoms with Gasteiger partial charge in [-0.25, -0.2) is 0 Å². The molecule has 1 unspecified atom stereocenters. The van der Waals surface area contributed by atoms with Gasteiger partial charge in [0.2, 0.25) is 0 Å². The van der Waals surface area contributed by atoms with Gasteiger partial charge in [0.1, 0.15) is 0 Å². The zero-order chi connectivity index (χ0) is 7.61. The summed E-state index contributed by atoms with van der Waals surface area (Å²) in [6, 6.07) is 0. The van der Waals surface area contributed by atoms with Gasteiger partial charge in [-0.1, -0.05) is 0 Å². The number of ether oxygens (including phenoxy) is 2. The summed E-state index contributed by atoms with van der Waals surface area (Å²) in [5.41, 5.74) is 0. The number of terminal acetylenes is 2. The van der Waals surface area contributed by atoms with E-state index >= 15 is 0 Å². The van der Waals surface area contributed by atoms with Crippen LogP contribution in [-0.2, 0) is 9.47 Å². The first-order valence-corrected chi connectivity index (χ1v) is 2.75. The summed E-state index contributed by atoms with van der Waals surface area (Å²) < 4.78 is 9.86. The molecule has 10 heavy (non-hydrogen) atoms. The molecule has 50 valence electrons. The van der Waals surface area contributed by atoms with Crippen molar-refractivity contribution in [3.63, 3.8) is 0 Å². The van der Waals surface area contributed by atoms with Gasteiger partial charge in [-0.2, -0.15) is 0 Å². The second kappa shape index (κ2) is 2.34. The van der Waals surface area contributed by atoms with Crippen LogP contribution < -0.4 is 0 Å². The molecule has 1 aliphatic rings. The summed E-state index contributed by atoms with van der Waals surface area (Å²) in [5, 5.41) is 0. The summed E-state index contributed by atoms with van der Waals surface area (Å²) >= 11 is 0. The van der Waals surface area contributed by atoms with E-state index in [1.165, 1.54) is 0 Å². The Hall–Kier alpha value is -0.960. The molecule has 2 radical (unpaired) electrons. The Balaban J connectivity index is 2.74. The molecule has 0 aromatic rings. The van der Waals surface area contributed by atoms with Gasteiger partial charge in [-0.15, -0.1) is 12.8 Å². The lowest BCUT2D eigenvalue weighted by molar-refractivity contribution is -0.0663. The molecule has 1 rings (SSSR count). The van der Waals surface area contributed by atoms with Gasteiger partial charge in [-0.3, -0.25) is 0 Å². The summed E-state index contributed by atoms with van der Waals surface area (Å²) in [7, 11) is 0. The molecule has 1 saturated heterocycles. The molecule has 1 fully saturated rings. The molecular formula is C8H6O2. The Morgan fingerprint density at radius 1 is 1.40 bits per heavy atom. The second-order valence-electron chi connectivity index (χ2n) is 1.87. The van der Waals surface area contributed by atoms with Gasteiger partial charge in [-0.05, 0) is 18.8 Å². The Bertz CT molecular complexity index is 192. The lowest BCUT2D eigenvalue weighted by atomic mass is 10.3. The van der Waals surface area contributed by atoms with E-state index in [0.29, 0.717) is 0 Å². The standard InChI is InChI=1S/C8H6O2/c1-4-8(5-2)9-6-7(3)10-8/h1-3,7H,6H2. The van der Waals surface area contributed by atoms with E-state index in [4.69, 9.17) is 29.2 Å². The Morgan fingerprint density at radius 3 is 2.20 bits per heavy atom. The minimum Gasteiger partial charge on any atom is -0.327 e. The van der Waals surface area contributed by atoms with E-state index in [9.17, 15) is 0 Å². The van der Waals surface area contributed by atoms with Crippen LogP contribution in [0.4, 0.5) is 0 Å². The van der Waals surface area contributed by atoms with E-state index in [1.54, 1.807) is 0 Å². The van der Waals surface area contributed by atoms with Crippen molar-refractivity contribution in [2.75, 3.05) is 6.61 Å². The van der Waals surface area contributed by atoms with Crippen molar-refractivity contribution in [2.45, 2.75) is 11.9 Å². The maximum absolute atomic E-state index is 5.32. The lowest BCUT2D eigenvalue weighted by Gasteiger charge is -2.12. The first-order chi connectivity index (χ1) is 4.72. The highest BCUT2D eigenvalue weighted by atomic mass is 16.7. The van der Waals surface area contributed by atoms with Crippen LogP contribution in [0.2, 0.25) is 0 Å². The largest absolute Gasteiger partial charge is 0.327 e. The summed E-state index contributed by atoms with van der Waals surface area (Å²) in [4.78, 5) is 0. The maximum atomic E-state index is 5.32. The van der Waals surface area contributed by atoms with Crippen molar-refractivity contribution >= 4 is 0 Å². The minimum atomic E-state index is -1.32. The van der Waals surface area contributed by atoms with E-state index in [2.05, 4.69) is 11.8 Å². The molecule has 0 saturated carbocycles. The van der Waals surface area contributed by atoms with Crippen LogP contribution in [0.5, 0.6) is 0 Å². The van der Waals surface area contributed by atoms with Gasteiger partial charge in [0.15, 0.2) is 0 Å². The van der Waals surface area contributed by atoms with Crippen LogP contribution in [0.3, 0.4) is 0 Å². The Morgan fingerprint density at radius 2 is 2.00 bits per heavy atom. The van der Waals surface area contributed by atoms with Crippen molar-refractivity contribution in [1.29, 1.82) is 0 Å². The van der Waals surface area contributed by atoms with E-state index in [-0.39, 0.29) is 6.61 Å². The molecule has 0 bridgehead atoms. The Kier molecular flexibility index (Phi) is 1.68. The molecule has 0 spiro atoms. The average Bonchev–Trinajstić information content (AvgIpc) is 2.33. The zero-order valence-corrected chi connectivity index (χ0v) is 5.33. The summed E-state index contributed by atoms with van der Waals surface area (Å²) in [5.74, 6) is 3.07. The van der Waals surface area contributed by atoms with Crippen molar-refractivity contribution in [2.24, 2.45) is 0 Å². The molecule has 0 aromatic carbocycles. The molecule has 2 heteroatoms. The van der Waals surface area contributed by atoms with E-state index < -0.39 is 11.9 Å². The number of hydrogen-bond donors (Lipinski definition) is 0.